The maximum atomic E-state index is 2.77. The summed E-state index contributed by atoms with van der Waals surface area (Å²) in [5.41, 5.74) is 0.704. The molecule has 0 saturated carbocycles. The maximum Gasteiger partial charge on any atom is 0.00514 e. The van der Waals surface area contributed by atoms with Crippen molar-refractivity contribution >= 4 is 0 Å². The van der Waals surface area contributed by atoms with Gasteiger partial charge in [-0.05, 0) is 69.0 Å². The summed E-state index contributed by atoms with van der Waals surface area (Å²) < 4.78 is 0. The van der Waals surface area contributed by atoms with Crippen molar-refractivity contribution in [3.05, 3.63) is 0 Å². The highest BCUT2D eigenvalue weighted by Crippen LogP contribution is 2.40. The fourth-order valence-electron chi connectivity index (χ4n) is 5.34. The molecule has 2 aliphatic heterocycles. The van der Waals surface area contributed by atoms with Crippen molar-refractivity contribution in [1.29, 1.82) is 0 Å². The van der Waals surface area contributed by atoms with E-state index in [0.717, 1.165) is 11.8 Å². The smallest absolute Gasteiger partial charge is 0.00514 e. The molecule has 154 valence electrons. The summed E-state index contributed by atoms with van der Waals surface area (Å²) >= 11 is 0. The second-order valence-electron chi connectivity index (χ2n) is 10.0. The van der Waals surface area contributed by atoms with Gasteiger partial charge in [-0.2, -0.15) is 0 Å². The van der Waals surface area contributed by atoms with E-state index in [2.05, 4.69) is 37.5 Å². The standard InChI is InChI=1S/C24H48N2/c1-5-7-8-9-12-23(4)19-25-17-14-24(15-18-25)20-26(21-24)16-10-13-22(3)11-6-2/h22-23H,5-21H2,1-4H3. The largest absolute Gasteiger partial charge is 0.303 e. The summed E-state index contributed by atoms with van der Waals surface area (Å²) in [6.07, 6.45) is 15.6. The van der Waals surface area contributed by atoms with Gasteiger partial charge in [-0.1, -0.05) is 66.2 Å². The summed E-state index contributed by atoms with van der Waals surface area (Å²) in [5.74, 6) is 1.83. The van der Waals surface area contributed by atoms with Crippen molar-refractivity contribution in [2.45, 2.75) is 98.3 Å². The zero-order valence-electron chi connectivity index (χ0n) is 18.6. The molecule has 0 N–H and O–H groups in total. The number of piperidine rings is 1. The van der Waals surface area contributed by atoms with Crippen molar-refractivity contribution in [2.24, 2.45) is 17.3 Å². The molecule has 0 aromatic carbocycles. The van der Waals surface area contributed by atoms with Crippen molar-refractivity contribution in [1.82, 2.24) is 9.80 Å². The maximum absolute atomic E-state index is 2.77. The van der Waals surface area contributed by atoms with Gasteiger partial charge in [0.05, 0.1) is 0 Å². The van der Waals surface area contributed by atoms with Crippen LogP contribution in [0.4, 0.5) is 0 Å². The van der Waals surface area contributed by atoms with Crippen LogP contribution in [0.25, 0.3) is 0 Å². The Morgan fingerprint density at radius 2 is 1.42 bits per heavy atom. The van der Waals surface area contributed by atoms with Gasteiger partial charge in [0.2, 0.25) is 0 Å². The average Bonchev–Trinajstić information content (AvgIpc) is 2.59. The Kier molecular flexibility index (Phi) is 9.99. The van der Waals surface area contributed by atoms with Crippen LogP contribution >= 0.6 is 0 Å². The minimum Gasteiger partial charge on any atom is -0.303 e. The van der Waals surface area contributed by atoms with E-state index in [1.54, 1.807) is 0 Å². The molecule has 0 amide bonds. The fourth-order valence-corrected chi connectivity index (χ4v) is 5.34. The second kappa shape index (κ2) is 11.7. The van der Waals surface area contributed by atoms with Gasteiger partial charge in [0.1, 0.15) is 0 Å². The van der Waals surface area contributed by atoms with Crippen molar-refractivity contribution < 1.29 is 0 Å². The summed E-state index contributed by atoms with van der Waals surface area (Å²) in [5, 5.41) is 0. The molecule has 0 aromatic heterocycles. The van der Waals surface area contributed by atoms with E-state index in [1.165, 1.54) is 110 Å². The molecule has 2 atom stereocenters. The van der Waals surface area contributed by atoms with Crippen LogP contribution in [-0.2, 0) is 0 Å². The number of hydrogen-bond donors (Lipinski definition) is 0. The molecule has 0 aromatic rings. The Morgan fingerprint density at radius 3 is 2.08 bits per heavy atom. The molecule has 0 radical (unpaired) electrons. The molecule has 0 bridgehead atoms. The minimum atomic E-state index is 0.704. The van der Waals surface area contributed by atoms with Crippen LogP contribution in [0, 0.1) is 17.3 Å². The normalized spacial score (nSPS) is 23.1. The zero-order valence-corrected chi connectivity index (χ0v) is 18.6. The number of unbranched alkanes of at least 4 members (excludes halogenated alkanes) is 3. The Balaban J connectivity index is 1.52. The van der Waals surface area contributed by atoms with Gasteiger partial charge in [0.15, 0.2) is 0 Å². The molecule has 2 nitrogen and oxygen atoms in total. The Bertz CT molecular complexity index is 351. The predicted octanol–water partition coefficient (Wildman–Crippen LogP) is 6.21. The Morgan fingerprint density at radius 1 is 0.731 bits per heavy atom. The highest BCUT2D eigenvalue weighted by atomic mass is 15.2. The molecule has 2 heterocycles. The predicted molar refractivity (Wildman–Crippen MR) is 116 cm³/mol. The molecule has 2 rings (SSSR count). The fraction of sp³-hybridized carbons (Fsp3) is 1.00. The Labute approximate surface area is 165 Å². The average molecular weight is 365 g/mol. The van der Waals surface area contributed by atoms with Crippen LogP contribution in [0.15, 0.2) is 0 Å². The summed E-state index contributed by atoms with van der Waals surface area (Å²) in [6.45, 7) is 17.8. The molecule has 2 fully saturated rings. The van der Waals surface area contributed by atoms with Crippen LogP contribution in [0.1, 0.15) is 98.3 Å². The first-order valence-corrected chi connectivity index (χ1v) is 12.0. The van der Waals surface area contributed by atoms with Gasteiger partial charge in [0, 0.05) is 19.6 Å². The number of rotatable bonds is 13. The van der Waals surface area contributed by atoms with Crippen LogP contribution in [0.2, 0.25) is 0 Å². The quantitative estimate of drug-likeness (QED) is 0.359. The topological polar surface area (TPSA) is 6.48 Å². The monoisotopic (exact) mass is 364 g/mol. The van der Waals surface area contributed by atoms with Gasteiger partial charge < -0.3 is 9.80 Å². The highest BCUT2D eigenvalue weighted by Gasteiger charge is 2.44. The van der Waals surface area contributed by atoms with Gasteiger partial charge in [0.25, 0.3) is 0 Å². The lowest BCUT2D eigenvalue weighted by Crippen LogP contribution is -2.60. The third kappa shape index (κ3) is 7.50. The van der Waals surface area contributed by atoms with Gasteiger partial charge in [-0.15, -0.1) is 0 Å². The summed E-state index contributed by atoms with van der Waals surface area (Å²) in [7, 11) is 0. The molecule has 26 heavy (non-hydrogen) atoms. The van der Waals surface area contributed by atoms with E-state index < -0.39 is 0 Å². The van der Waals surface area contributed by atoms with Crippen LogP contribution in [0.3, 0.4) is 0 Å². The van der Waals surface area contributed by atoms with Crippen LogP contribution < -0.4 is 0 Å². The van der Waals surface area contributed by atoms with Crippen LogP contribution in [-0.4, -0.2) is 49.1 Å². The first-order chi connectivity index (χ1) is 12.6. The Hall–Kier alpha value is -0.0800. The van der Waals surface area contributed by atoms with E-state index in [0.29, 0.717) is 5.41 Å². The van der Waals surface area contributed by atoms with Crippen molar-refractivity contribution in [3.8, 4) is 0 Å². The minimum absolute atomic E-state index is 0.704. The number of nitrogens with zero attached hydrogens (tertiary/aromatic N) is 2. The van der Waals surface area contributed by atoms with Crippen LogP contribution in [0.5, 0.6) is 0 Å². The molecule has 1 spiro atoms. The zero-order chi connectivity index (χ0) is 18.8. The number of likely N-dealkylation sites (tertiary alicyclic amines) is 2. The van der Waals surface area contributed by atoms with Crippen molar-refractivity contribution in [2.75, 3.05) is 39.3 Å². The lowest BCUT2D eigenvalue weighted by Gasteiger charge is -2.54. The third-order valence-corrected chi connectivity index (χ3v) is 7.11. The van der Waals surface area contributed by atoms with Gasteiger partial charge >= 0.3 is 0 Å². The molecule has 2 heteroatoms. The lowest BCUT2D eigenvalue weighted by atomic mass is 9.71. The van der Waals surface area contributed by atoms with E-state index >= 15 is 0 Å². The van der Waals surface area contributed by atoms with Gasteiger partial charge in [-0.3, -0.25) is 0 Å². The molecule has 2 unspecified atom stereocenters. The SMILES string of the molecule is CCCCCCC(C)CN1CCC2(CC1)CN(CCCC(C)CCC)C2. The second-order valence-corrected chi connectivity index (χ2v) is 10.0. The molecule has 2 saturated heterocycles. The van der Waals surface area contributed by atoms with Gasteiger partial charge in [-0.25, -0.2) is 0 Å². The molecule has 2 aliphatic rings. The summed E-state index contributed by atoms with van der Waals surface area (Å²) in [6, 6.07) is 0. The van der Waals surface area contributed by atoms with E-state index in [-0.39, 0.29) is 0 Å². The van der Waals surface area contributed by atoms with E-state index in [4.69, 9.17) is 0 Å². The van der Waals surface area contributed by atoms with E-state index in [9.17, 15) is 0 Å². The third-order valence-electron chi connectivity index (χ3n) is 7.11. The van der Waals surface area contributed by atoms with Crippen molar-refractivity contribution in [3.63, 3.8) is 0 Å². The first kappa shape index (κ1) is 22.2. The summed E-state index contributed by atoms with van der Waals surface area (Å²) in [4.78, 5) is 5.51. The number of hydrogen-bond acceptors (Lipinski definition) is 2. The molecule has 0 aliphatic carbocycles. The molecular formula is C24H48N2. The lowest BCUT2D eigenvalue weighted by molar-refractivity contribution is -0.0490. The first-order valence-electron chi connectivity index (χ1n) is 12.0. The van der Waals surface area contributed by atoms with E-state index in [1.807, 2.05) is 0 Å². The molecular weight excluding hydrogens is 316 g/mol. The highest BCUT2D eigenvalue weighted by molar-refractivity contribution is 4.98.